The van der Waals surface area contributed by atoms with Crippen molar-refractivity contribution in [2.75, 3.05) is 13.2 Å². The number of hydrazone groups is 1. The zero-order chi connectivity index (χ0) is 25.8. The zero-order valence-corrected chi connectivity index (χ0v) is 21.9. The Kier molecular flexibility index (Phi) is 7.61. The van der Waals surface area contributed by atoms with E-state index in [9.17, 15) is 4.79 Å². The second-order valence-corrected chi connectivity index (χ2v) is 9.70. The predicted molar refractivity (Wildman–Crippen MR) is 148 cm³/mol. The smallest absolute Gasteiger partial charge is 0.274 e. The first-order valence-corrected chi connectivity index (χ1v) is 13.3. The van der Waals surface area contributed by atoms with Crippen LogP contribution in [0.4, 0.5) is 0 Å². The van der Waals surface area contributed by atoms with E-state index >= 15 is 0 Å². The van der Waals surface area contributed by atoms with Gasteiger partial charge in [0.05, 0.1) is 25.0 Å². The minimum absolute atomic E-state index is 0.115. The van der Waals surface area contributed by atoms with Crippen LogP contribution in [0.25, 0.3) is 6.08 Å². The van der Waals surface area contributed by atoms with Crippen LogP contribution in [-0.2, 0) is 0 Å². The van der Waals surface area contributed by atoms with Gasteiger partial charge in [-0.3, -0.25) is 4.79 Å². The standard InChI is InChI=1S/C31H31ClN2O3/c1-3-36-26-15-11-21(12-16-26)19-23-7-6-10-28-29(23)33-34(31(35)24-8-5-9-25(32)20-24)30(28)22-13-17-27(18-14-22)37-4-2/h5,8-9,11-20,28,30H,3-4,6-7,10H2,1-2H3/b23-19+/t28-,30+/m0/s1. The zero-order valence-electron chi connectivity index (χ0n) is 21.2. The molecule has 0 saturated heterocycles. The molecule has 2 aliphatic rings. The first kappa shape index (κ1) is 25.1. The van der Waals surface area contributed by atoms with Crippen molar-refractivity contribution >= 4 is 29.3 Å². The highest BCUT2D eigenvalue weighted by atomic mass is 35.5. The Balaban J connectivity index is 1.52. The Morgan fingerprint density at radius 3 is 2.32 bits per heavy atom. The van der Waals surface area contributed by atoms with Gasteiger partial charge in [0, 0.05) is 16.5 Å². The lowest BCUT2D eigenvalue weighted by Gasteiger charge is -2.30. The SMILES string of the molecule is CCOc1ccc(/C=C2\CCC[C@H]3C2=NN(C(=O)c2cccc(Cl)c2)[C@@H]3c2ccc(OCC)cc2)cc1. The lowest BCUT2D eigenvalue weighted by atomic mass is 9.77. The molecule has 1 heterocycles. The molecule has 5 rings (SSSR count). The van der Waals surface area contributed by atoms with Gasteiger partial charge in [-0.05, 0) is 98.4 Å². The molecule has 5 nitrogen and oxygen atoms in total. The molecule has 1 saturated carbocycles. The summed E-state index contributed by atoms with van der Waals surface area (Å²) in [6.07, 6.45) is 5.14. The van der Waals surface area contributed by atoms with Crippen molar-refractivity contribution in [1.29, 1.82) is 0 Å². The molecule has 2 atom stereocenters. The Morgan fingerprint density at radius 2 is 1.68 bits per heavy atom. The van der Waals surface area contributed by atoms with Gasteiger partial charge in [-0.2, -0.15) is 5.10 Å². The quantitative estimate of drug-likeness (QED) is 0.326. The second-order valence-electron chi connectivity index (χ2n) is 9.26. The van der Waals surface area contributed by atoms with Crippen molar-refractivity contribution in [3.63, 3.8) is 0 Å². The van der Waals surface area contributed by atoms with Crippen molar-refractivity contribution in [3.8, 4) is 11.5 Å². The minimum Gasteiger partial charge on any atom is -0.494 e. The number of benzene rings is 3. The van der Waals surface area contributed by atoms with Crippen LogP contribution in [0.3, 0.4) is 0 Å². The molecule has 37 heavy (non-hydrogen) atoms. The highest BCUT2D eigenvalue weighted by Crippen LogP contribution is 2.45. The molecule has 3 aromatic carbocycles. The van der Waals surface area contributed by atoms with Crippen molar-refractivity contribution in [2.24, 2.45) is 11.0 Å². The van der Waals surface area contributed by atoms with Crippen LogP contribution < -0.4 is 9.47 Å². The van der Waals surface area contributed by atoms with Gasteiger partial charge in [0.1, 0.15) is 11.5 Å². The van der Waals surface area contributed by atoms with Crippen LogP contribution >= 0.6 is 11.6 Å². The lowest BCUT2D eigenvalue weighted by molar-refractivity contribution is 0.0681. The molecule has 0 spiro atoms. The molecule has 0 radical (unpaired) electrons. The third kappa shape index (κ3) is 5.42. The van der Waals surface area contributed by atoms with Crippen LogP contribution in [0.15, 0.2) is 83.5 Å². The van der Waals surface area contributed by atoms with E-state index in [0.717, 1.165) is 47.6 Å². The topological polar surface area (TPSA) is 51.1 Å². The number of allylic oxidation sites excluding steroid dienone is 1. The Hall–Kier alpha value is -3.57. The molecule has 1 aliphatic heterocycles. The number of hydrogen-bond donors (Lipinski definition) is 0. The van der Waals surface area contributed by atoms with E-state index < -0.39 is 0 Å². The van der Waals surface area contributed by atoms with Crippen molar-refractivity contribution < 1.29 is 14.3 Å². The first-order valence-electron chi connectivity index (χ1n) is 12.9. The van der Waals surface area contributed by atoms with Crippen molar-refractivity contribution in [3.05, 3.63) is 100 Å². The summed E-state index contributed by atoms with van der Waals surface area (Å²) in [7, 11) is 0. The molecule has 0 bridgehead atoms. The molecule has 1 amide bonds. The third-order valence-corrected chi connectivity index (χ3v) is 7.08. The number of rotatable bonds is 7. The fraction of sp³-hybridized carbons (Fsp3) is 0.290. The molecule has 1 aliphatic carbocycles. The summed E-state index contributed by atoms with van der Waals surface area (Å²) in [6, 6.07) is 23.0. The summed E-state index contributed by atoms with van der Waals surface area (Å²) in [5, 5.41) is 7.19. The van der Waals surface area contributed by atoms with E-state index in [1.54, 1.807) is 29.3 Å². The number of nitrogens with zero attached hydrogens (tertiary/aromatic N) is 2. The molecule has 3 aromatic rings. The summed E-state index contributed by atoms with van der Waals surface area (Å²) < 4.78 is 11.2. The average Bonchev–Trinajstić information content (AvgIpc) is 3.31. The van der Waals surface area contributed by atoms with E-state index in [1.807, 2.05) is 38.1 Å². The van der Waals surface area contributed by atoms with E-state index in [1.165, 1.54) is 5.57 Å². The summed E-state index contributed by atoms with van der Waals surface area (Å²) in [6.45, 7) is 5.20. The van der Waals surface area contributed by atoms with Gasteiger partial charge >= 0.3 is 0 Å². The maximum absolute atomic E-state index is 13.8. The van der Waals surface area contributed by atoms with Gasteiger partial charge in [0.15, 0.2) is 0 Å². The van der Waals surface area contributed by atoms with Gasteiger partial charge < -0.3 is 9.47 Å². The molecule has 0 aromatic heterocycles. The van der Waals surface area contributed by atoms with Crippen LogP contribution in [-0.4, -0.2) is 29.8 Å². The van der Waals surface area contributed by atoms with E-state index in [0.29, 0.717) is 23.8 Å². The van der Waals surface area contributed by atoms with E-state index in [-0.39, 0.29) is 17.9 Å². The number of hydrogen-bond acceptors (Lipinski definition) is 4. The lowest BCUT2D eigenvalue weighted by Crippen LogP contribution is -2.31. The number of carbonyl (C=O) groups excluding carboxylic acids is 1. The fourth-order valence-electron chi connectivity index (χ4n) is 5.21. The molecule has 0 N–H and O–H groups in total. The molecule has 0 unspecified atom stereocenters. The molecular weight excluding hydrogens is 484 g/mol. The van der Waals surface area contributed by atoms with Crippen LogP contribution in [0.1, 0.15) is 60.6 Å². The first-order chi connectivity index (χ1) is 18.1. The normalized spacial score (nSPS) is 19.9. The summed E-state index contributed by atoms with van der Waals surface area (Å²) in [5.41, 5.74) is 4.85. The van der Waals surface area contributed by atoms with Gasteiger partial charge in [0.25, 0.3) is 5.91 Å². The predicted octanol–water partition coefficient (Wildman–Crippen LogP) is 7.57. The van der Waals surface area contributed by atoms with Crippen LogP contribution in [0, 0.1) is 5.92 Å². The van der Waals surface area contributed by atoms with Gasteiger partial charge in [-0.1, -0.05) is 41.9 Å². The fourth-order valence-corrected chi connectivity index (χ4v) is 5.40. The summed E-state index contributed by atoms with van der Waals surface area (Å²) in [4.78, 5) is 13.8. The second kappa shape index (κ2) is 11.2. The molecule has 190 valence electrons. The number of halogens is 1. The summed E-state index contributed by atoms with van der Waals surface area (Å²) in [5.74, 6) is 1.64. The molecular formula is C31H31ClN2O3. The van der Waals surface area contributed by atoms with Crippen LogP contribution in [0.5, 0.6) is 11.5 Å². The number of amides is 1. The number of fused-ring (bicyclic) bond motifs is 1. The van der Waals surface area contributed by atoms with Gasteiger partial charge in [0.2, 0.25) is 0 Å². The van der Waals surface area contributed by atoms with E-state index in [4.69, 9.17) is 26.2 Å². The highest BCUT2D eigenvalue weighted by Gasteiger charge is 2.44. The maximum Gasteiger partial charge on any atom is 0.274 e. The molecule has 1 fully saturated rings. The maximum atomic E-state index is 13.8. The van der Waals surface area contributed by atoms with Crippen molar-refractivity contribution in [1.82, 2.24) is 5.01 Å². The van der Waals surface area contributed by atoms with Crippen LogP contribution in [0.2, 0.25) is 5.02 Å². The van der Waals surface area contributed by atoms with Crippen molar-refractivity contribution in [2.45, 2.75) is 39.2 Å². The summed E-state index contributed by atoms with van der Waals surface area (Å²) >= 11 is 6.22. The number of carbonyl (C=O) groups is 1. The monoisotopic (exact) mass is 514 g/mol. The Labute approximate surface area is 223 Å². The third-order valence-electron chi connectivity index (χ3n) is 6.85. The van der Waals surface area contributed by atoms with Gasteiger partial charge in [-0.25, -0.2) is 5.01 Å². The Morgan fingerprint density at radius 1 is 1.00 bits per heavy atom. The highest BCUT2D eigenvalue weighted by molar-refractivity contribution is 6.31. The Bertz CT molecular complexity index is 1320. The van der Waals surface area contributed by atoms with E-state index in [2.05, 4.69) is 30.3 Å². The molecule has 6 heteroatoms. The largest absolute Gasteiger partial charge is 0.494 e. The van der Waals surface area contributed by atoms with Gasteiger partial charge in [-0.15, -0.1) is 0 Å². The minimum atomic E-state index is -0.193. The number of ether oxygens (including phenoxy) is 2. The average molecular weight is 515 g/mol.